The molecule has 224 valence electrons. The molecular weight excluding hydrogens is 742 g/mol. The fourth-order valence-electron chi connectivity index (χ4n) is 6.34. The van der Waals surface area contributed by atoms with Gasteiger partial charge in [-0.15, -0.1) is 0 Å². The first kappa shape index (κ1) is 35.8. The van der Waals surface area contributed by atoms with Crippen molar-refractivity contribution in [3.05, 3.63) is 61.1 Å². The summed E-state index contributed by atoms with van der Waals surface area (Å²) in [7, 11) is -3.39. The molecule has 4 nitrogen and oxygen atoms in total. The first-order valence-electron chi connectivity index (χ1n) is 15.2. The Morgan fingerprint density at radius 2 is 1.73 bits per heavy atom. The second-order valence-corrected chi connectivity index (χ2v) is 14.6. The van der Waals surface area contributed by atoms with Gasteiger partial charge in [-0.1, -0.05) is 83.9 Å². The molecule has 1 aromatic carbocycles. The Balaban J connectivity index is 0.00000560. The average Bonchev–Trinajstić information content (AvgIpc) is 3.37. The Morgan fingerprint density at radius 3 is 2.33 bits per heavy atom. The molecule has 0 radical (unpaired) electrons. The molecule has 2 aliphatic heterocycles. The van der Waals surface area contributed by atoms with Gasteiger partial charge in [0.05, 0.1) is 35.1 Å². The van der Waals surface area contributed by atoms with Crippen molar-refractivity contribution in [3.63, 3.8) is 0 Å². The number of hydrogen-bond donors (Lipinski definition) is 0. The molecule has 9 atom stereocenters. The normalized spacial score (nSPS) is 29.1. The Bertz CT molecular complexity index is 1040. The van der Waals surface area contributed by atoms with Gasteiger partial charge >= 0.3 is 0 Å². The Hall–Kier alpha value is -0.378. The maximum atomic E-state index is 13.4. The van der Waals surface area contributed by atoms with E-state index in [1.54, 1.807) is 24.3 Å². The van der Waals surface area contributed by atoms with Crippen molar-refractivity contribution >= 4 is 9.84 Å². The van der Waals surface area contributed by atoms with E-state index in [9.17, 15) is 8.42 Å². The van der Waals surface area contributed by atoms with E-state index in [2.05, 4.69) is 61.1 Å². The molecule has 0 spiro atoms. The van der Waals surface area contributed by atoms with Crippen LogP contribution in [0.15, 0.2) is 59.5 Å². The summed E-state index contributed by atoms with van der Waals surface area (Å²) in [6, 6.07) is 8.87. The van der Waals surface area contributed by atoms with E-state index in [1.807, 2.05) is 6.07 Å². The Morgan fingerprint density at radius 1 is 1.05 bits per heavy atom. The molecule has 3 rings (SSSR count). The zero-order chi connectivity index (χ0) is 28.7. The van der Waals surface area contributed by atoms with Crippen LogP contribution < -0.4 is 0 Å². The molecule has 0 bridgehead atoms. The molecule has 2 saturated heterocycles. The molecular formula is C34H53O4SU-. The summed E-state index contributed by atoms with van der Waals surface area (Å²) >= 11 is 0. The van der Waals surface area contributed by atoms with Crippen molar-refractivity contribution in [1.82, 2.24) is 0 Å². The minimum atomic E-state index is -3.39. The van der Waals surface area contributed by atoms with E-state index in [-0.39, 0.29) is 72.9 Å². The number of sulfone groups is 1. The van der Waals surface area contributed by atoms with Crippen LogP contribution in [0.5, 0.6) is 0 Å². The van der Waals surface area contributed by atoms with Gasteiger partial charge in [-0.25, -0.2) is 8.42 Å². The number of rotatable bonds is 15. The number of ether oxygens (including phenoxy) is 2. The third kappa shape index (κ3) is 9.84. The zero-order valence-electron chi connectivity index (χ0n) is 25.8. The van der Waals surface area contributed by atoms with Crippen LogP contribution in [0.2, 0.25) is 0 Å². The van der Waals surface area contributed by atoms with Crippen LogP contribution in [0.25, 0.3) is 0 Å². The van der Waals surface area contributed by atoms with Crippen LogP contribution in [-0.2, 0) is 19.3 Å². The van der Waals surface area contributed by atoms with E-state index in [0.29, 0.717) is 22.8 Å². The van der Waals surface area contributed by atoms with Crippen LogP contribution in [0.1, 0.15) is 86.5 Å². The monoisotopic (exact) mass is 795 g/mol. The van der Waals surface area contributed by atoms with Crippen molar-refractivity contribution in [2.45, 2.75) is 116 Å². The van der Waals surface area contributed by atoms with Crippen molar-refractivity contribution in [1.29, 1.82) is 0 Å². The maximum Gasteiger partial charge on any atom is 0.178 e. The first-order valence-corrected chi connectivity index (χ1v) is 16.8. The fourth-order valence-corrected chi connectivity index (χ4v) is 8.12. The predicted octanol–water partition coefficient (Wildman–Crippen LogP) is 8.24. The number of unbranched alkanes of at least 4 members (excludes halogenated alkanes) is 1. The molecule has 6 heteroatoms. The Kier molecular flexibility index (Phi) is 14.7. The second kappa shape index (κ2) is 16.5. The molecule has 2 aliphatic rings. The summed E-state index contributed by atoms with van der Waals surface area (Å²) in [4.78, 5) is 0.406. The van der Waals surface area contributed by atoms with E-state index >= 15 is 0 Å². The third-order valence-corrected chi connectivity index (χ3v) is 11.2. The summed E-state index contributed by atoms with van der Waals surface area (Å²) in [5, 5.41) is 0. The second-order valence-electron chi connectivity index (χ2n) is 12.6. The van der Waals surface area contributed by atoms with Crippen molar-refractivity contribution in [3.8, 4) is 0 Å². The summed E-state index contributed by atoms with van der Waals surface area (Å²) in [5.41, 5.74) is 2.45. The third-order valence-electron chi connectivity index (χ3n) is 9.34. The summed E-state index contributed by atoms with van der Waals surface area (Å²) < 4.78 is 39.4. The van der Waals surface area contributed by atoms with E-state index in [1.165, 1.54) is 11.1 Å². The quantitative estimate of drug-likeness (QED) is 0.102. The predicted molar refractivity (Wildman–Crippen MR) is 162 cm³/mol. The van der Waals surface area contributed by atoms with Crippen molar-refractivity contribution in [2.75, 3.05) is 5.75 Å². The number of hydrogen-bond acceptors (Lipinski definition) is 4. The molecule has 0 aromatic heterocycles. The maximum absolute atomic E-state index is 13.4. The molecule has 0 saturated carbocycles. The Labute approximate surface area is 269 Å². The van der Waals surface area contributed by atoms with E-state index in [4.69, 9.17) is 9.47 Å². The number of allylic oxidation sites excluding steroid dienone is 1. The minimum absolute atomic E-state index is 0. The van der Waals surface area contributed by atoms with Gasteiger partial charge in [0.25, 0.3) is 0 Å². The first-order chi connectivity index (χ1) is 18.4. The fraction of sp³-hybridized carbons (Fsp3) is 0.676. The van der Waals surface area contributed by atoms with Crippen LogP contribution in [0, 0.1) is 67.1 Å². The van der Waals surface area contributed by atoms with Gasteiger partial charge in [0, 0.05) is 37.0 Å². The van der Waals surface area contributed by atoms with Gasteiger partial charge in [0.15, 0.2) is 9.84 Å². The molecule has 2 fully saturated rings. The molecule has 2 heterocycles. The standard InChI is InChI=1S/C34H53O4S.U/c1-9-23(2)19-33-29(8)31(22-39(35,36)30-16-11-10-12-17-30)34(38-33)21-25(4)28(7)24(3)15-13-14-18-32-26(5)20-27(6)37-32;/h10-13,16-17,23-25,27,29,31-34H,5,7,9,14-15,18-22H2,1-4,6,8H3;/q-1;/t23?,24-,25-,27+,29-,31-,32?,33-,34+;/m1./s1. The molecule has 2 unspecified atom stereocenters. The summed E-state index contributed by atoms with van der Waals surface area (Å²) in [5.74, 6) is 1.49. The summed E-state index contributed by atoms with van der Waals surface area (Å²) in [6.45, 7) is 21.9. The zero-order valence-corrected chi connectivity index (χ0v) is 30.8. The largest absolute Gasteiger partial charge is 0.374 e. The van der Waals surface area contributed by atoms with Crippen LogP contribution in [0.4, 0.5) is 0 Å². The van der Waals surface area contributed by atoms with Crippen molar-refractivity contribution in [2.24, 2.45) is 29.6 Å². The van der Waals surface area contributed by atoms with Gasteiger partial charge in [-0.05, 0) is 68.1 Å². The topological polar surface area (TPSA) is 52.6 Å². The molecule has 0 amide bonds. The summed E-state index contributed by atoms with van der Waals surface area (Å²) in [6.07, 6.45) is 9.75. The SMILES string of the molecule is C=C1C[C@H](C)OC1CC[CH-]C[C@@H](C)C(=C)[C@H](C)C[C@@H]1O[C@H](CC(C)CC)[C@H](C)[C@H]1CS(=O)(=O)c1ccccc1.[U]. The molecule has 1 aromatic rings. The molecule has 0 aliphatic carbocycles. The van der Waals surface area contributed by atoms with Gasteiger partial charge in [-0.3, -0.25) is 0 Å². The van der Waals surface area contributed by atoms with Crippen LogP contribution in [0.3, 0.4) is 0 Å². The van der Waals surface area contributed by atoms with E-state index < -0.39 is 9.84 Å². The van der Waals surface area contributed by atoms with Crippen LogP contribution in [-0.4, -0.2) is 38.6 Å². The van der Waals surface area contributed by atoms with Gasteiger partial charge < -0.3 is 15.9 Å². The van der Waals surface area contributed by atoms with Gasteiger partial charge in [0.2, 0.25) is 0 Å². The van der Waals surface area contributed by atoms with Crippen molar-refractivity contribution < 1.29 is 49.0 Å². The minimum Gasteiger partial charge on any atom is -0.374 e. The molecule has 0 N–H and O–H groups in total. The number of benzene rings is 1. The smallest absolute Gasteiger partial charge is 0.178 e. The van der Waals surface area contributed by atoms with Gasteiger partial charge in [0.1, 0.15) is 0 Å². The van der Waals surface area contributed by atoms with E-state index in [0.717, 1.165) is 44.9 Å². The van der Waals surface area contributed by atoms with Crippen LogP contribution >= 0.6 is 0 Å². The molecule has 40 heavy (non-hydrogen) atoms. The van der Waals surface area contributed by atoms with Gasteiger partial charge in [-0.2, -0.15) is 12.8 Å². The average molecular weight is 796 g/mol.